The monoisotopic (exact) mass is 382 g/mol. The molecule has 1 saturated heterocycles. The number of pyridine rings is 1. The molecule has 1 aromatic carbocycles. The predicted octanol–water partition coefficient (Wildman–Crippen LogP) is 1.71. The molecule has 0 radical (unpaired) electrons. The molecule has 28 heavy (non-hydrogen) atoms. The molecule has 2 N–H and O–H groups in total. The van der Waals surface area contributed by atoms with Crippen molar-refractivity contribution in [3.63, 3.8) is 0 Å². The first-order valence-corrected chi connectivity index (χ1v) is 9.14. The van der Waals surface area contributed by atoms with Crippen LogP contribution in [0.4, 0.5) is 5.82 Å². The topological polar surface area (TPSA) is 101 Å². The van der Waals surface area contributed by atoms with Crippen LogP contribution in [0.1, 0.15) is 12.5 Å². The Balaban J connectivity index is 1.81. The van der Waals surface area contributed by atoms with Crippen molar-refractivity contribution in [1.29, 1.82) is 0 Å². The van der Waals surface area contributed by atoms with Crippen molar-refractivity contribution >= 4 is 16.9 Å². The summed E-state index contributed by atoms with van der Waals surface area (Å²) >= 11 is 0. The predicted molar refractivity (Wildman–Crippen MR) is 106 cm³/mol. The van der Waals surface area contributed by atoms with Gasteiger partial charge < -0.3 is 19.5 Å². The number of rotatable bonds is 4. The molecular formula is C20H22N4O4. The Bertz CT molecular complexity index is 1070. The quantitative estimate of drug-likeness (QED) is 0.708. The molecule has 1 atom stereocenters. The number of benzene rings is 1. The van der Waals surface area contributed by atoms with Crippen molar-refractivity contribution in [2.24, 2.45) is 0 Å². The fraction of sp³-hybridized carbons (Fsp3) is 0.350. The zero-order chi connectivity index (χ0) is 19.7. The molecule has 4 rings (SSSR count). The summed E-state index contributed by atoms with van der Waals surface area (Å²) in [4.78, 5) is 25.8. The number of nitrogens with one attached hydrogen (secondary N) is 1. The largest absolute Gasteiger partial charge is 0.496 e. The van der Waals surface area contributed by atoms with E-state index in [2.05, 4.69) is 19.9 Å². The average Bonchev–Trinajstić information content (AvgIpc) is 2.72. The minimum atomic E-state index is -0.434. The molecule has 0 amide bonds. The Labute approximate surface area is 161 Å². The lowest BCUT2D eigenvalue weighted by Crippen LogP contribution is -2.44. The summed E-state index contributed by atoms with van der Waals surface area (Å²) in [5.74, 6) is 1.24. The third-order valence-electron chi connectivity index (χ3n) is 4.96. The van der Waals surface area contributed by atoms with Gasteiger partial charge in [0.15, 0.2) is 0 Å². The molecular weight excluding hydrogens is 360 g/mol. The summed E-state index contributed by atoms with van der Waals surface area (Å²) in [6.45, 7) is 3.78. The van der Waals surface area contributed by atoms with Gasteiger partial charge in [-0.1, -0.05) is 0 Å². The van der Waals surface area contributed by atoms with E-state index in [1.54, 1.807) is 13.2 Å². The molecule has 8 nitrogen and oxygen atoms in total. The zero-order valence-corrected chi connectivity index (χ0v) is 15.8. The Morgan fingerprint density at radius 2 is 2.18 bits per heavy atom. The highest BCUT2D eigenvalue weighted by Crippen LogP contribution is 2.29. The van der Waals surface area contributed by atoms with Crippen LogP contribution in [0.5, 0.6) is 5.75 Å². The van der Waals surface area contributed by atoms with Gasteiger partial charge in [0.05, 0.1) is 44.1 Å². The standard InChI is InChI=1S/C20H22N4O4/c1-12-11-28-8-7-24(12)19-15-4-5-16(21-18(15)22-20(26)23-19)13-3-6-17(27-2)14(9-13)10-25/h3-6,9,12,25H,7-8,10-11H2,1-2H3,(H,21,22,23,26)/t12-/m0/s1. The van der Waals surface area contributed by atoms with Gasteiger partial charge in [-0.2, -0.15) is 4.98 Å². The van der Waals surface area contributed by atoms with E-state index < -0.39 is 5.69 Å². The van der Waals surface area contributed by atoms with Gasteiger partial charge in [-0.15, -0.1) is 0 Å². The van der Waals surface area contributed by atoms with Gasteiger partial charge in [0.25, 0.3) is 0 Å². The number of aromatic amines is 1. The van der Waals surface area contributed by atoms with Crippen LogP contribution in [0, 0.1) is 0 Å². The summed E-state index contributed by atoms with van der Waals surface area (Å²) in [7, 11) is 1.56. The summed E-state index contributed by atoms with van der Waals surface area (Å²) in [5.41, 5.74) is 2.23. The van der Waals surface area contributed by atoms with Crippen molar-refractivity contribution in [1.82, 2.24) is 15.0 Å². The van der Waals surface area contributed by atoms with Gasteiger partial charge >= 0.3 is 5.69 Å². The number of hydrogen-bond donors (Lipinski definition) is 2. The fourth-order valence-electron chi connectivity index (χ4n) is 3.50. The average molecular weight is 382 g/mol. The van der Waals surface area contributed by atoms with Crippen LogP contribution in [-0.2, 0) is 11.3 Å². The Morgan fingerprint density at radius 1 is 1.32 bits per heavy atom. The first-order chi connectivity index (χ1) is 13.6. The van der Waals surface area contributed by atoms with E-state index in [-0.39, 0.29) is 12.6 Å². The summed E-state index contributed by atoms with van der Waals surface area (Å²) in [6.07, 6.45) is 0. The molecule has 0 saturated carbocycles. The molecule has 0 unspecified atom stereocenters. The number of methoxy groups -OCH3 is 1. The number of aliphatic hydroxyl groups excluding tert-OH is 1. The number of aliphatic hydroxyl groups is 1. The van der Waals surface area contributed by atoms with Crippen LogP contribution in [-0.4, -0.2) is 53.0 Å². The number of H-pyrrole nitrogens is 1. The first kappa shape index (κ1) is 18.4. The number of aromatic nitrogens is 3. The number of nitrogens with zero attached hydrogens (tertiary/aromatic N) is 3. The number of fused-ring (bicyclic) bond motifs is 1. The van der Waals surface area contributed by atoms with Crippen LogP contribution in [0.3, 0.4) is 0 Å². The maximum absolute atomic E-state index is 12.2. The molecule has 0 aliphatic carbocycles. The van der Waals surface area contributed by atoms with E-state index in [0.717, 1.165) is 10.9 Å². The van der Waals surface area contributed by atoms with E-state index in [4.69, 9.17) is 9.47 Å². The summed E-state index contributed by atoms with van der Waals surface area (Å²) < 4.78 is 10.7. The molecule has 1 aliphatic rings. The van der Waals surface area contributed by atoms with Crippen molar-refractivity contribution in [2.75, 3.05) is 31.8 Å². The highest BCUT2D eigenvalue weighted by atomic mass is 16.5. The van der Waals surface area contributed by atoms with E-state index in [9.17, 15) is 9.90 Å². The van der Waals surface area contributed by atoms with Crippen molar-refractivity contribution in [2.45, 2.75) is 19.6 Å². The van der Waals surface area contributed by atoms with Gasteiger partial charge in [0.2, 0.25) is 0 Å². The highest BCUT2D eigenvalue weighted by Gasteiger charge is 2.23. The molecule has 3 heterocycles. The van der Waals surface area contributed by atoms with E-state index >= 15 is 0 Å². The maximum atomic E-state index is 12.2. The lowest BCUT2D eigenvalue weighted by Gasteiger charge is -2.34. The van der Waals surface area contributed by atoms with Crippen LogP contribution < -0.4 is 15.3 Å². The second kappa shape index (κ2) is 7.57. The lowest BCUT2D eigenvalue weighted by atomic mass is 10.1. The van der Waals surface area contributed by atoms with Gasteiger partial charge in [-0.25, -0.2) is 9.78 Å². The molecule has 0 bridgehead atoms. The van der Waals surface area contributed by atoms with E-state index in [1.807, 2.05) is 31.2 Å². The number of anilines is 1. The first-order valence-electron chi connectivity index (χ1n) is 9.14. The lowest BCUT2D eigenvalue weighted by molar-refractivity contribution is 0.0986. The van der Waals surface area contributed by atoms with Gasteiger partial charge in [0, 0.05) is 17.7 Å². The van der Waals surface area contributed by atoms with Crippen molar-refractivity contribution in [3.05, 3.63) is 46.4 Å². The number of ether oxygens (including phenoxy) is 2. The van der Waals surface area contributed by atoms with Crippen LogP contribution in [0.15, 0.2) is 35.1 Å². The Kier molecular flexibility index (Phi) is 4.97. The van der Waals surface area contributed by atoms with E-state index in [1.165, 1.54) is 0 Å². The molecule has 1 fully saturated rings. The van der Waals surface area contributed by atoms with E-state index in [0.29, 0.717) is 48.2 Å². The van der Waals surface area contributed by atoms with Crippen molar-refractivity contribution < 1.29 is 14.6 Å². The normalized spacial score (nSPS) is 17.1. The Morgan fingerprint density at radius 3 is 2.93 bits per heavy atom. The maximum Gasteiger partial charge on any atom is 0.348 e. The molecule has 2 aromatic heterocycles. The van der Waals surface area contributed by atoms with Crippen molar-refractivity contribution in [3.8, 4) is 17.0 Å². The van der Waals surface area contributed by atoms with Crippen LogP contribution >= 0.6 is 0 Å². The SMILES string of the molecule is COc1ccc(-c2ccc3c(N4CCOC[C@@H]4C)nc(=O)[nH]c3n2)cc1CO. The van der Waals surface area contributed by atoms with Crippen LogP contribution in [0.25, 0.3) is 22.3 Å². The molecule has 3 aromatic rings. The number of hydrogen-bond acceptors (Lipinski definition) is 7. The highest BCUT2D eigenvalue weighted by molar-refractivity contribution is 5.88. The Hall–Kier alpha value is -2.97. The summed E-state index contributed by atoms with van der Waals surface area (Å²) in [5, 5.41) is 10.3. The van der Waals surface area contributed by atoms with Crippen LogP contribution in [0.2, 0.25) is 0 Å². The zero-order valence-electron chi connectivity index (χ0n) is 15.8. The van der Waals surface area contributed by atoms with Gasteiger partial charge in [-0.05, 0) is 37.3 Å². The minimum absolute atomic E-state index is 0.125. The molecule has 8 heteroatoms. The fourth-order valence-corrected chi connectivity index (χ4v) is 3.50. The minimum Gasteiger partial charge on any atom is -0.496 e. The second-order valence-electron chi connectivity index (χ2n) is 6.76. The second-order valence-corrected chi connectivity index (χ2v) is 6.76. The molecule has 1 aliphatic heterocycles. The molecule has 0 spiro atoms. The van der Waals surface area contributed by atoms with Gasteiger partial charge in [0.1, 0.15) is 17.2 Å². The smallest absolute Gasteiger partial charge is 0.348 e. The third kappa shape index (κ3) is 3.32. The number of morpholine rings is 1. The third-order valence-corrected chi connectivity index (χ3v) is 4.96. The summed E-state index contributed by atoms with van der Waals surface area (Å²) in [6, 6.07) is 9.43. The van der Waals surface area contributed by atoms with Gasteiger partial charge in [-0.3, -0.25) is 4.98 Å². The molecule has 146 valence electrons.